The van der Waals surface area contributed by atoms with Gasteiger partial charge >= 0.3 is 0 Å². The van der Waals surface area contributed by atoms with Crippen molar-refractivity contribution in [2.45, 2.75) is 18.3 Å². The Morgan fingerprint density at radius 3 is 2.18 bits per heavy atom. The predicted molar refractivity (Wildman–Crippen MR) is 91.7 cm³/mol. The van der Waals surface area contributed by atoms with Crippen molar-refractivity contribution in [2.24, 2.45) is 5.92 Å². The van der Waals surface area contributed by atoms with E-state index in [1.807, 2.05) is 12.1 Å². The van der Waals surface area contributed by atoms with E-state index in [4.69, 9.17) is 0 Å². The van der Waals surface area contributed by atoms with Crippen molar-refractivity contribution in [2.75, 3.05) is 6.61 Å². The molecular formula is C21H22O. The second-order valence-corrected chi connectivity index (χ2v) is 6.00. The second-order valence-electron chi connectivity index (χ2n) is 6.00. The first-order chi connectivity index (χ1) is 10.8. The summed E-state index contributed by atoms with van der Waals surface area (Å²) >= 11 is 0. The van der Waals surface area contributed by atoms with Gasteiger partial charge in [0, 0.05) is 5.41 Å². The van der Waals surface area contributed by atoms with Crippen LogP contribution in [0.25, 0.3) is 0 Å². The SMILES string of the molecule is OCC(Cc1ccccc1)(c1ccccc1)C1C=CC=CC1. The van der Waals surface area contributed by atoms with Gasteiger partial charge in [0.15, 0.2) is 0 Å². The molecule has 0 radical (unpaired) electrons. The zero-order valence-corrected chi connectivity index (χ0v) is 12.7. The summed E-state index contributed by atoms with van der Waals surface area (Å²) in [6.07, 6.45) is 10.4. The van der Waals surface area contributed by atoms with E-state index in [1.165, 1.54) is 11.1 Å². The van der Waals surface area contributed by atoms with E-state index in [9.17, 15) is 5.11 Å². The van der Waals surface area contributed by atoms with Crippen molar-refractivity contribution in [3.8, 4) is 0 Å². The predicted octanol–water partition coefficient (Wildman–Crippen LogP) is 4.29. The summed E-state index contributed by atoms with van der Waals surface area (Å²) in [6.45, 7) is 0.148. The molecule has 0 saturated heterocycles. The maximum absolute atomic E-state index is 10.4. The first-order valence-corrected chi connectivity index (χ1v) is 7.89. The minimum atomic E-state index is -0.274. The van der Waals surface area contributed by atoms with Gasteiger partial charge in [0.1, 0.15) is 0 Å². The molecule has 1 heteroatoms. The number of benzene rings is 2. The molecular weight excluding hydrogens is 268 g/mol. The number of allylic oxidation sites excluding steroid dienone is 4. The van der Waals surface area contributed by atoms with Crippen LogP contribution in [0, 0.1) is 5.92 Å². The molecule has 0 spiro atoms. The molecule has 22 heavy (non-hydrogen) atoms. The van der Waals surface area contributed by atoms with Crippen LogP contribution in [0.15, 0.2) is 85.0 Å². The van der Waals surface area contributed by atoms with Crippen LogP contribution in [0.1, 0.15) is 17.5 Å². The average molecular weight is 290 g/mol. The molecule has 0 bridgehead atoms. The molecule has 0 aliphatic heterocycles. The van der Waals surface area contributed by atoms with Gasteiger partial charge in [-0.05, 0) is 29.9 Å². The Kier molecular flexibility index (Phi) is 4.55. The highest BCUT2D eigenvalue weighted by molar-refractivity contribution is 5.34. The Bertz CT molecular complexity index is 642. The molecule has 2 aromatic rings. The Morgan fingerprint density at radius 1 is 0.909 bits per heavy atom. The van der Waals surface area contributed by atoms with Crippen molar-refractivity contribution in [3.05, 3.63) is 96.1 Å². The minimum absolute atomic E-state index is 0.148. The molecule has 0 heterocycles. The summed E-state index contributed by atoms with van der Waals surface area (Å²) in [6, 6.07) is 20.9. The van der Waals surface area contributed by atoms with Crippen molar-refractivity contribution >= 4 is 0 Å². The summed E-state index contributed by atoms with van der Waals surface area (Å²) in [5.41, 5.74) is 2.21. The van der Waals surface area contributed by atoms with Gasteiger partial charge in [-0.15, -0.1) is 0 Å². The molecule has 112 valence electrons. The third kappa shape index (κ3) is 2.90. The van der Waals surface area contributed by atoms with E-state index in [0.717, 1.165) is 12.8 Å². The molecule has 0 fully saturated rings. The molecule has 2 atom stereocenters. The molecule has 1 N–H and O–H groups in total. The van der Waals surface area contributed by atoms with Gasteiger partial charge in [-0.3, -0.25) is 0 Å². The Labute approximate surface area is 132 Å². The van der Waals surface area contributed by atoms with Crippen LogP contribution >= 0.6 is 0 Å². The lowest BCUT2D eigenvalue weighted by molar-refractivity contribution is 0.153. The third-order valence-corrected chi connectivity index (χ3v) is 4.68. The molecule has 3 rings (SSSR count). The van der Waals surface area contributed by atoms with Crippen LogP contribution in [0.4, 0.5) is 0 Å². The lowest BCUT2D eigenvalue weighted by atomic mass is 9.65. The first kappa shape index (κ1) is 14.8. The van der Waals surface area contributed by atoms with E-state index in [-0.39, 0.29) is 12.0 Å². The fourth-order valence-corrected chi connectivity index (χ4v) is 3.43. The van der Waals surface area contributed by atoms with Crippen molar-refractivity contribution in [1.82, 2.24) is 0 Å². The van der Waals surface area contributed by atoms with Crippen molar-refractivity contribution in [3.63, 3.8) is 0 Å². The van der Waals surface area contributed by atoms with Gasteiger partial charge in [0.25, 0.3) is 0 Å². The molecule has 2 aromatic carbocycles. The molecule has 1 nitrogen and oxygen atoms in total. The molecule has 2 unspecified atom stereocenters. The maximum Gasteiger partial charge on any atom is 0.0536 e. The van der Waals surface area contributed by atoms with Gasteiger partial charge in [0.2, 0.25) is 0 Å². The standard InChI is InChI=1S/C21H22O/c22-17-21(19-12-6-2-7-13-19,20-14-8-3-9-15-20)16-18-10-4-1-5-11-18/h1-14,20,22H,15-17H2. The van der Waals surface area contributed by atoms with E-state index >= 15 is 0 Å². The van der Waals surface area contributed by atoms with Gasteiger partial charge in [-0.1, -0.05) is 85.0 Å². The summed E-state index contributed by atoms with van der Waals surface area (Å²) in [7, 11) is 0. The largest absolute Gasteiger partial charge is 0.395 e. The van der Waals surface area contributed by atoms with Crippen LogP contribution in [0.2, 0.25) is 0 Å². The summed E-state index contributed by atoms with van der Waals surface area (Å²) < 4.78 is 0. The summed E-state index contributed by atoms with van der Waals surface area (Å²) in [4.78, 5) is 0. The Hall–Kier alpha value is -2.12. The van der Waals surface area contributed by atoms with E-state index in [1.54, 1.807) is 0 Å². The van der Waals surface area contributed by atoms with Crippen LogP contribution in [-0.2, 0) is 11.8 Å². The van der Waals surface area contributed by atoms with E-state index < -0.39 is 0 Å². The van der Waals surface area contributed by atoms with Gasteiger partial charge in [-0.25, -0.2) is 0 Å². The highest BCUT2D eigenvalue weighted by Gasteiger charge is 2.38. The normalized spacial score (nSPS) is 19.8. The zero-order valence-electron chi connectivity index (χ0n) is 12.7. The number of aliphatic hydroxyl groups is 1. The minimum Gasteiger partial charge on any atom is -0.395 e. The van der Waals surface area contributed by atoms with Crippen molar-refractivity contribution in [1.29, 1.82) is 0 Å². The molecule has 0 aromatic heterocycles. The molecule has 0 saturated carbocycles. The van der Waals surface area contributed by atoms with Gasteiger partial charge in [-0.2, -0.15) is 0 Å². The number of rotatable bonds is 5. The number of aliphatic hydroxyl groups excluding tert-OH is 1. The maximum atomic E-state index is 10.4. The lowest BCUT2D eigenvalue weighted by Gasteiger charge is -2.39. The van der Waals surface area contributed by atoms with E-state index in [0.29, 0.717) is 5.92 Å². The smallest absolute Gasteiger partial charge is 0.0536 e. The molecule has 0 amide bonds. The first-order valence-electron chi connectivity index (χ1n) is 7.89. The second kappa shape index (κ2) is 6.76. The lowest BCUT2D eigenvalue weighted by Crippen LogP contribution is -2.40. The van der Waals surface area contributed by atoms with Gasteiger partial charge < -0.3 is 5.11 Å². The van der Waals surface area contributed by atoms with Crippen LogP contribution in [-0.4, -0.2) is 11.7 Å². The number of hydrogen-bond acceptors (Lipinski definition) is 1. The van der Waals surface area contributed by atoms with Crippen LogP contribution in [0.5, 0.6) is 0 Å². The number of hydrogen-bond donors (Lipinski definition) is 1. The Balaban J connectivity index is 2.04. The quantitative estimate of drug-likeness (QED) is 0.871. The van der Waals surface area contributed by atoms with Crippen LogP contribution < -0.4 is 0 Å². The van der Waals surface area contributed by atoms with Gasteiger partial charge in [0.05, 0.1) is 6.61 Å². The van der Waals surface area contributed by atoms with Crippen molar-refractivity contribution < 1.29 is 5.11 Å². The monoisotopic (exact) mass is 290 g/mol. The highest BCUT2D eigenvalue weighted by atomic mass is 16.3. The Morgan fingerprint density at radius 2 is 1.59 bits per heavy atom. The average Bonchev–Trinajstić information content (AvgIpc) is 2.62. The third-order valence-electron chi connectivity index (χ3n) is 4.68. The van der Waals surface area contributed by atoms with Crippen LogP contribution in [0.3, 0.4) is 0 Å². The summed E-state index contributed by atoms with van der Waals surface area (Å²) in [5, 5.41) is 10.4. The fraction of sp³-hybridized carbons (Fsp3) is 0.238. The molecule has 1 aliphatic carbocycles. The van der Waals surface area contributed by atoms with E-state index in [2.05, 4.69) is 72.8 Å². The highest BCUT2D eigenvalue weighted by Crippen LogP contribution is 2.39. The topological polar surface area (TPSA) is 20.2 Å². The fourth-order valence-electron chi connectivity index (χ4n) is 3.43. The zero-order chi connectivity index (χ0) is 15.3. The summed E-state index contributed by atoms with van der Waals surface area (Å²) in [5.74, 6) is 0.310. The molecule has 1 aliphatic rings.